The van der Waals surface area contributed by atoms with Crippen molar-refractivity contribution in [2.45, 2.75) is 13.3 Å². The van der Waals surface area contributed by atoms with Crippen molar-refractivity contribution in [2.24, 2.45) is 5.73 Å². The SMILES string of the molecule is Cc1c(C(N)=O)nnn1-c1ccc(CC(=O)O)cc1. The first-order valence-corrected chi connectivity index (χ1v) is 5.52. The average molecular weight is 260 g/mol. The van der Waals surface area contributed by atoms with E-state index in [0.29, 0.717) is 16.9 Å². The molecule has 98 valence electrons. The normalized spacial score (nSPS) is 10.4. The van der Waals surface area contributed by atoms with Crippen LogP contribution in [0.15, 0.2) is 24.3 Å². The van der Waals surface area contributed by atoms with Gasteiger partial charge in [-0.1, -0.05) is 17.3 Å². The molecule has 0 aliphatic heterocycles. The second kappa shape index (κ2) is 4.89. The number of carbonyl (C=O) groups excluding carboxylic acids is 1. The topological polar surface area (TPSA) is 111 Å². The number of carboxylic acid groups (broad SMARTS) is 1. The predicted molar refractivity (Wildman–Crippen MR) is 66.0 cm³/mol. The molecule has 2 rings (SSSR count). The van der Waals surface area contributed by atoms with Gasteiger partial charge in [0.1, 0.15) is 0 Å². The summed E-state index contributed by atoms with van der Waals surface area (Å²) < 4.78 is 1.48. The second-order valence-corrected chi connectivity index (χ2v) is 4.04. The molecule has 0 saturated heterocycles. The number of hydrogen-bond donors (Lipinski definition) is 2. The molecular weight excluding hydrogens is 248 g/mol. The van der Waals surface area contributed by atoms with E-state index in [9.17, 15) is 9.59 Å². The van der Waals surface area contributed by atoms with Crippen LogP contribution in [-0.2, 0) is 11.2 Å². The number of carboxylic acids is 1. The molecule has 7 nitrogen and oxygen atoms in total. The maximum absolute atomic E-state index is 11.1. The van der Waals surface area contributed by atoms with Gasteiger partial charge in [0.05, 0.1) is 17.8 Å². The lowest BCUT2D eigenvalue weighted by atomic mass is 10.1. The molecule has 19 heavy (non-hydrogen) atoms. The Labute approximate surface area is 108 Å². The van der Waals surface area contributed by atoms with E-state index in [1.807, 2.05) is 0 Å². The standard InChI is InChI=1S/C12H12N4O3/c1-7-11(12(13)19)14-15-16(7)9-4-2-8(3-5-9)6-10(17)18/h2-5H,6H2,1H3,(H2,13,19)(H,17,18). The molecule has 0 atom stereocenters. The number of carbonyl (C=O) groups is 2. The Hall–Kier alpha value is -2.70. The van der Waals surface area contributed by atoms with Crippen molar-refractivity contribution >= 4 is 11.9 Å². The zero-order valence-electron chi connectivity index (χ0n) is 10.2. The Balaban J connectivity index is 2.32. The molecular formula is C12H12N4O3. The van der Waals surface area contributed by atoms with Crippen LogP contribution in [0.2, 0.25) is 0 Å². The Kier molecular flexibility index (Phi) is 3.28. The zero-order valence-corrected chi connectivity index (χ0v) is 10.2. The summed E-state index contributed by atoms with van der Waals surface area (Å²) in [5, 5.41) is 16.2. The summed E-state index contributed by atoms with van der Waals surface area (Å²) in [6.45, 7) is 1.69. The van der Waals surface area contributed by atoms with Crippen LogP contribution in [0.1, 0.15) is 21.7 Å². The van der Waals surface area contributed by atoms with E-state index in [0.717, 1.165) is 0 Å². The van der Waals surface area contributed by atoms with E-state index in [2.05, 4.69) is 10.3 Å². The van der Waals surface area contributed by atoms with Crippen molar-refractivity contribution in [3.05, 3.63) is 41.2 Å². The predicted octanol–water partition coefficient (Wildman–Crippen LogP) is 0.302. The van der Waals surface area contributed by atoms with Crippen LogP contribution in [0.4, 0.5) is 0 Å². The fraction of sp³-hybridized carbons (Fsp3) is 0.167. The van der Waals surface area contributed by atoms with E-state index in [-0.39, 0.29) is 12.1 Å². The van der Waals surface area contributed by atoms with Crippen LogP contribution in [0.3, 0.4) is 0 Å². The van der Waals surface area contributed by atoms with Gasteiger partial charge in [-0.05, 0) is 24.6 Å². The molecule has 7 heteroatoms. The summed E-state index contributed by atoms with van der Waals surface area (Å²) in [4.78, 5) is 21.7. The van der Waals surface area contributed by atoms with E-state index in [1.165, 1.54) is 4.68 Å². The number of amides is 1. The zero-order chi connectivity index (χ0) is 14.0. The summed E-state index contributed by atoms with van der Waals surface area (Å²) in [5.41, 5.74) is 7.20. The summed E-state index contributed by atoms with van der Waals surface area (Å²) >= 11 is 0. The molecule has 0 saturated carbocycles. The van der Waals surface area contributed by atoms with Gasteiger partial charge in [-0.25, -0.2) is 4.68 Å². The molecule has 1 aromatic heterocycles. The summed E-state index contributed by atoms with van der Waals surface area (Å²) in [7, 11) is 0. The molecule has 0 unspecified atom stereocenters. The summed E-state index contributed by atoms with van der Waals surface area (Å²) in [6.07, 6.45) is -0.0385. The van der Waals surface area contributed by atoms with Crippen molar-refractivity contribution in [1.82, 2.24) is 15.0 Å². The first-order chi connectivity index (χ1) is 8.99. The number of aliphatic carboxylic acids is 1. The highest BCUT2D eigenvalue weighted by Crippen LogP contribution is 2.13. The molecule has 0 aliphatic rings. The van der Waals surface area contributed by atoms with Crippen molar-refractivity contribution in [3.8, 4) is 5.69 Å². The van der Waals surface area contributed by atoms with Gasteiger partial charge in [-0.3, -0.25) is 9.59 Å². The largest absolute Gasteiger partial charge is 0.481 e. The second-order valence-electron chi connectivity index (χ2n) is 4.04. The maximum atomic E-state index is 11.1. The Morgan fingerprint density at radius 1 is 1.32 bits per heavy atom. The summed E-state index contributed by atoms with van der Waals surface area (Å²) in [5.74, 6) is -1.52. The molecule has 0 fully saturated rings. The Morgan fingerprint density at radius 2 is 1.95 bits per heavy atom. The molecule has 3 N–H and O–H groups in total. The quantitative estimate of drug-likeness (QED) is 0.821. The highest BCUT2D eigenvalue weighted by atomic mass is 16.4. The van der Waals surface area contributed by atoms with E-state index >= 15 is 0 Å². The van der Waals surface area contributed by atoms with E-state index < -0.39 is 11.9 Å². The highest BCUT2D eigenvalue weighted by Gasteiger charge is 2.14. The fourth-order valence-electron chi connectivity index (χ4n) is 1.73. The number of aromatic nitrogens is 3. The molecule has 0 spiro atoms. The molecule has 0 radical (unpaired) electrons. The molecule has 2 aromatic rings. The lowest BCUT2D eigenvalue weighted by molar-refractivity contribution is -0.136. The number of benzene rings is 1. The summed E-state index contributed by atoms with van der Waals surface area (Å²) in [6, 6.07) is 6.80. The monoisotopic (exact) mass is 260 g/mol. The van der Waals surface area contributed by atoms with Crippen molar-refractivity contribution < 1.29 is 14.7 Å². The molecule has 0 bridgehead atoms. The van der Waals surface area contributed by atoms with E-state index in [1.54, 1.807) is 31.2 Å². The lowest BCUT2D eigenvalue weighted by Gasteiger charge is -2.04. The third kappa shape index (κ3) is 2.59. The van der Waals surface area contributed by atoms with Crippen LogP contribution in [0.25, 0.3) is 5.69 Å². The lowest BCUT2D eigenvalue weighted by Crippen LogP contribution is -2.13. The van der Waals surface area contributed by atoms with Gasteiger partial charge in [-0.15, -0.1) is 5.10 Å². The average Bonchev–Trinajstić information content (AvgIpc) is 2.71. The van der Waals surface area contributed by atoms with Crippen LogP contribution >= 0.6 is 0 Å². The van der Waals surface area contributed by atoms with Gasteiger partial charge in [0, 0.05) is 0 Å². The van der Waals surface area contributed by atoms with Gasteiger partial charge in [0.2, 0.25) is 0 Å². The highest BCUT2D eigenvalue weighted by molar-refractivity contribution is 5.91. The molecule has 1 aromatic carbocycles. The first-order valence-electron chi connectivity index (χ1n) is 5.52. The minimum absolute atomic E-state index is 0.0385. The van der Waals surface area contributed by atoms with Crippen LogP contribution in [0.5, 0.6) is 0 Å². The first kappa shape index (κ1) is 12.7. The minimum Gasteiger partial charge on any atom is -0.481 e. The third-order valence-electron chi connectivity index (χ3n) is 2.66. The van der Waals surface area contributed by atoms with Crippen LogP contribution in [-0.4, -0.2) is 32.0 Å². The van der Waals surface area contributed by atoms with Crippen LogP contribution < -0.4 is 5.73 Å². The smallest absolute Gasteiger partial charge is 0.307 e. The number of rotatable bonds is 4. The van der Waals surface area contributed by atoms with Crippen molar-refractivity contribution in [2.75, 3.05) is 0 Å². The van der Waals surface area contributed by atoms with Crippen LogP contribution in [0, 0.1) is 6.92 Å². The van der Waals surface area contributed by atoms with Gasteiger partial charge in [0.15, 0.2) is 5.69 Å². The number of hydrogen-bond acceptors (Lipinski definition) is 4. The molecule has 0 aliphatic carbocycles. The van der Waals surface area contributed by atoms with Crippen molar-refractivity contribution in [1.29, 1.82) is 0 Å². The van der Waals surface area contributed by atoms with Gasteiger partial charge in [-0.2, -0.15) is 0 Å². The Bertz CT molecular complexity index is 631. The fourth-order valence-corrected chi connectivity index (χ4v) is 1.73. The number of nitrogens with two attached hydrogens (primary N) is 1. The van der Waals surface area contributed by atoms with Gasteiger partial charge >= 0.3 is 5.97 Å². The molecule has 1 amide bonds. The molecule has 1 heterocycles. The van der Waals surface area contributed by atoms with Gasteiger partial charge < -0.3 is 10.8 Å². The van der Waals surface area contributed by atoms with Crippen molar-refractivity contribution in [3.63, 3.8) is 0 Å². The number of nitrogens with zero attached hydrogens (tertiary/aromatic N) is 3. The maximum Gasteiger partial charge on any atom is 0.307 e. The Morgan fingerprint density at radius 3 is 2.42 bits per heavy atom. The third-order valence-corrected chi connectivity index (χ3v) is 2.66. The van der Waals surface area contributed by atoms with E-state index in [4.69, 9.17) is 10.8 Å². The van der Waals surface area contributed by atoms with Gasteiger partial charge in [0.25, 0.3) is 5.91 Å². The minimum atomic E-state index is -0.888. The number of primary amides is 1.